The normalized spacial score (nSPS) is 10.7. The van der Waals surface area contributed by atoms with Crippen LogP contribution in [0.25, 0.3) is 22.0 Å². The first kappa shape index (κ1) is 16.8. The van der Waals surface area contributed by atoms with Gasteiger partial charge in [-0.3, -0.25) is 4.98 Å². The molecule has 0 aliphatic rings. The summed E-state index contributed by atoms with van der Waals surface area (Å²) in [5, 5.41) is 10.7. The Morgan fingerprint density at radius 3 is 2.41 bits per heavy atom. The average molecular weight is 355 g/mol. The number of benzene rings is 3. The van der Waals surface area contributed by atoms with Gasteiger partial charge in [-0.05, 0) is 48.4 Å². The first-order chi connectivity index (χ1) is 13.1. The van der Waals surface area contributed by atoms with Crippen molar-refractivity contribution in [2.24, 2.45) is 0 Å². The maximum absolute atomic E-state index is 12.0. The summed E-state index contributed by atoms with van der Waals surface area (Å²) in [5.74, 6) is 0.187. The molecule has 0 aliphatic heterocycles. The lowest BCUT2D eigenvalue weighted by atomic mass is 9.95. The van der Waals surface area contributed by atoms with Crippen LogP contribution in [0.3, 0.4) is 0 Å². The molecule has 27 heavy (non-hydrogen) atoms. The summed E-state index contributed by atoms with van der Waals surface area (Å²) in [6.07, 6.45) is 1.68. The molecule has 0 saturated carbocycles. The van der Waals surface area contributed by atoms with E-state index in [1.54, 1.807) is 25.3 Å². The number of ether oxygens (including phenoxy) is 1. The zero-order valence-corrected chi connectivity index (χ0v) is 14.7. The standard InChI is InChI=1S/C23H17NO3/c1-15-20(27-21-13-14-24-19-10-6-5-9-18(19)21)12-11-17(22(15)23(25)26)16-7-3-2-4-8-16/h2-14H,1H3,(H,25,26). The highest BCUT2D eigenvalue weighted by molar-refractivity contribution is 5.98. The lowest BCUT2D eigenvalue weighted by molar-refractivity contribution is 0.0696. The summed E-state index contributed by atoms with van der Waals surface area (Å²) < 4.78 is 6.10. The van der Waals surface area contributed by atoms with E-state index in [1.165, 1.54) is 0 Å². The molecule has 0 aliphatic carbocycles. The van der Waals surface area contributed by atoms with Gasteiger partial charge in [0.1, 0.15) is 11.5 Å². The summed E-state index contributed by atoms with van der Waals surface area (Å²) in [4.78, 5) is 16.3. The molecule has 132 valence electrons. The molecular formula is C23H17NO3. The number of pyridine rings is 1. The minimum atomic E-state index is -0.976. The van der Waals surface area contributed by atoms with Crippen LogP contribution < -0.4 is 4.74 Å². The van der Waals surface area contributed by atoms with E-state index in [-0.39, 0.29) is 5.56 Å². The molecule has 4 aromatic rings. The number of hydrogen-bond acceptors (Lipinski definition) is 3. The van der Waals surface area contributed by atoms with Crippen LogP contribution in [-0.4, -0.2) is 16.1 Å². The third kappa shape index (κ3) is 3.13. The molecule has 0 bridgehead atoms. The van der Waals surface area contributed by atoms with Gasteiger partial charge in [-0.2, -0.15) is 0 Å². The number of carbonyl (C=O) groups is 1. The second kappa shape index (κ2) is 6.92. The first-order valence-electron chi connectivity index (χ1n) is 8.59. The minimum Gasteiger partial charge on any atom is -0.478 e. The number of carboxylic acid groups (broad SMARTS) is 1. The fraction of sp³-hybridized carbons (Fsp3) is 0.0435. The van der Waals surface area contributed by atoms with Crippen molar-refractivity contribution in [3.63, 3.8) is 0 Å². The van der Waals surface area contributed by atoms with Crippen molar-refractivity contribution in [3.05, 3.63) is 90.1 Å². The molecule has 0 saturated heterocycles. The van der Waals surface area contributed by atoms with Gasteiger partial charge in [0.15, 0.2) is 0 Å². The monoisotopic (exact) mass is 355 g/mol. The lowest BCUT2D eigenvalue weighted by Crippen LogP contribution is -2.04. The Labute approximate surface area is 156 Å². The summed E-state index contributed by atoms with van der Waals surface area (Å²) in [6.45, 7) is 1.77. The van der Waals surface area contributed by atoms with Gasteiger partial charge < -0.3 is 9.84 Å². The van der Waals surface area contributed by atoms with Crippen molar-refractivity contribution >= 4 is 16.9 Å². The maximum atomic E-state index is 12.0. The SMILES string of the molecule is Cc1c(Oc2ccnc3ccccc23)ccc(-c2ccccc2)c1C(=O)O. The Hall–Kier alpha value is -3.66. The number of carboxylic acids is 1. The zero-order chi connectivity index (χ0) is 18.8. The van der Waals surface area contributed by atoms with Gasteiger partial charge in [-0.25, -0.2) is 4.79 Å². The van der Waals surface area contributed by atoms with Crippen molar-refractivity contribution in [1.29, 1.82) is 0 Å². The summed E-state index contributed by atoms with van der Waals surface area (Å²) in [7, 11) is 0. The van der Waals surface area contributed by atoms with Gasteiger partial charge in [-0.15, -0.1) is 0 Å². The summed E-state index contributed by atoms with van der Waals surface area (Å²) in [6, 6.07) is 22.6. The highest BCUT2D eigenvalue weighted by Crippen LogP contribution is 2.35. The fourth-order valence-corrected chi connectivity index (χ4v) is 3.21. The predicted octanol–water partition coefficient (Wildman–Crippen LogP) is 5.70. The second-order valence-electron chi connectivity index (χ2n) is 6.21. The molecule has 0 amide bonds. The summed E-state index contributed by atoms with van der Waals surface area (Å²) >= 11 is 0. The molecule has 4 nitrogen and oxygen atoms in total. The van der Waals surface area contributed by atoms with E-state index >= 15 is 0 Å². The van der Waals surface area contributed by atoms with Crippen LogP contribution in [0.5, 0.6) is 11.5 Å². The Balaban J connectivity index is 1.83. The Kier molecular flexibility index (Phi) is 4.30. The number of para-hydroxylation sites is 1. The number of rotatable bonds is 4. The first-order valence-corrected chi connectivity index (χ1v) is 8.59. The van der Waals surface area contributed by atoms with E-state index in [4.69, 9.17) is 4.74 Å². The molecule has 3 aromatic carbocycles. The lowest BCUT2D eigenvalue weighted by Gasteiger charge is -2.15. The molecule has 4 rings (SSSR count). The van der Waals surface area contributed by atoms with Gasteiger partial charge in [0.2, 0.25) is 0 Å². The molecule has 4 heteroatoms. The highest BCUT2D eigenvalue weighted by Gasteiger charge is 2.19. The van der Waals surface area contributed by atoms with E-state index < -0.39 is 5.97 Å². The molecule has 1 heterocycles. The van der Waals surface area contributed by atoms with Gasteiger partial charge in [0.25, 0.3) is 0 Å². The molecule has 1 aromatic heterocycles. The predicted molar refractivity (Wildman–Crippen MR) is 105 cm³/mol. The van der Waals surface area contributed by atoms with Crippen LogP contribution in [0.1, 0.15) is 15.9 Å². The highest BCUT2D eigenvalue weighted by atomic mass is 16.5. The third-order valence-electron chi connectivity index (χ3n) is 4.54. The number of hydrogen-bond donors (Lipinski definition) is 1. The van der Waals surface area contributed by atoms with E-state index in [0.29, 0.717) is 22.6 Å². The summed E-state index contributed by atoms with van der Waals surface area (Å²) in [5.41, 5.74) is 3.19. The molecule has 0 radical (unpaired) electrons. The molecular weight excluding hydrogens is 338 g/mol. The zero-order valence-electron chi connectivity index (χ0n) is 14.7. The Morgan fingerprint density at radius 1 is 0.889 bits per heavy atom. The number of aromatic nitrogens is 1. The largest absolute Gasteiger partial charge is 0.478 e. The van der Waals surface area contributed by atoms with Crippen LogP contribution in [0.15, 0.2) is 79.0 Å². The molecule has 1 N–H and O–H groups in total. The molecule has 0 atom stereocenters. The van der Waals surface area contributed by atoms with Gasteiger partial charge >= 0.3 is 5.97 Å². The van der Waals surface area contributed by atoms with Crippen molar-refractivity contribution in [1.82, 2.24) is 4.98 Å². The van der Waals surface area contributed by atoms with Crippen LogP contribution in [0, 0.1) is 6.92 Å². The Bertz CT molecular complexity index is 1130. The molecule has 0 spiro atoms. The maximum Gasteiger partial charge on any atom is 0.336 e. The molecule has 0 fully saturated rings. The van der Waals surface area contributed by atoms with Crippen molar-refractivity contribution in [2.75, 3.05) is 0 Å². The van der Waals surface area contributed by atoms with Crippen molar-refractivity contribution in [2.45, 2.75) is 6.92 Å². The van der Waals surface area contributed by atoms with E-state index in [1.807, 2.05) is 60.7 Å². The third-order valence-corrected chi connectivity index (χ3v) is 4.54. The van der Waals surface area contributed by atoms with Crippen molar-refractivity contribution in [3.8, 4) is 22.6 Å². The van der Waals surface area contributed by atoms with Crippen LogP contribution in [0.2, 0.25) is 0 Å². The quantitative estimate of drug-likeness (QED) is 0.510. The number of aromatic carboxylic acids is 1. The number of fused-ring (bicyclic) bond motifs is 1. The minimum absolute atomic E-state index is 0.247. The topological polar surface area (TPSA) is 59.4 Å². The van der Waals surface area contributed by atoms with Crippen molar-refractivity contribution < 1.29 is 14.6 Å². The van der Waals surface area contributed by atoms with Crippen LogP contribution in [0.4, 0.5) is 0 Å². The average Bonchev–Trinajstić information content (AvgIpc) is 2.70. The van der Waals surface area contributed by atoms with Crippen LogP contribution >= 0.6 is 0 Å². The van der Waals surface area contributed by atoms with Gasteiger partial charge in [-0.1, -0.05) is 42.5 Å². The molecule has 0 unspecified atom stereocenters. The smallest absolute Gasteiger partial charge is 0.336 e. The van der Waals surface area contributed by atoms with Crippen LogP contribution in [-0.2, 0) is 0 Å². The Morgan fingerprint density at radius 2 is 1.63 bits per heavy atom. The van der Waals surface area contributed by atoms with Gasteiger partial charge in [0, 0.05) is 17.1 Å². The second-order valence-corrected chi connectivity index (χ2v) is 6.21. The fourth-order valence-electron chi connectivity index (χ4n) is 3.21. The van der Waals surface area contributed by atoms with E-state index in [2.05, 4.69) is 4.98 Å². The van der Waals surface area contributed by atoms with E-state index in [0.717, 1.165) is 16.5 Å². The van der Waals surface area contributed by atoms with Gasteiger partial charge in [0.05, 0.1) is 11.1 Å². The number of nitrogens with zero attached hydrogens (tertiary/aromatic N) is 1. The van der Waals surface area contributed by atoms with E-state index in [9.17, 15) is 9.90 Å².